The van der Waals surface area contributed by atoms with Gasteiger partial charge < -0.3 is 4.90 Å². The molecule has 0 saturated heterocycles. The van der Waals surface area contributed by atoms with Gasteiger partial charge in [0.05, 0.1) is 15.9 Å². The van der Waals surface area contributed by atoms with Crippen LogP contribution in [0.25, 0.3) is 10.2 Å². The highest BCUT2D eigenvalue weighted by Gasteiger charge is 2.25. The number of halogens is 1. The molecule has 1 aromatic carbocycles. The summed E-state index contributed by atoms with van der Waals surface area (Å²) in [6.45, 7) is 13.6. The van der Waals surface area contributed by atoms with Crippen molar-refractivity contribution in [3.05, 3.63) is 33.8 Å². The van der Waals surface area contributed by atoms with Gasteiger partial charge in [-0.15, -0.1) is 17.5 Å². The van der Waals surface area contributed by atoms with E-state index >= 15 is 0 Å². The molecule has 0 N–H and O–H groups in total. The highest BCUT2D eigenvalue weighted by atomic mass is 35.5. The summed E-state index contributed by atoms with van der Waals surface area (Å²) in [7, 11) is 0. The van der Waals surface area contributed by atoms with Crippen molar-refractivity contribution in [2.45, 2.75) is 34.6 Å². The van der Waals surface area contributed by atoms with Gasteiger partial charge in [-0.1, -0.05) is 35.7 Å². The minimum Gasteiger partial charge on any atom is -0.302 e. The van der Waals surface area contributed by atoms with E-state index < -0.39 is 0 Å². The van der Waals surface area contributed by atoms with Crippen LogP contribution in [0.2, 0.25) is 0 Å². The number of fused-ring (bicyclic) bond motifs is 1. The Morgan fingerprint density at radius 3 is 2.43 bits per heavy atom. The Balaban J connectivity index is 0.00000280. The molecule has 1 amide bonds. The van der Waals surface area contributed by atoms with Crippen molar-refractivity contribution in [3.63, 3.8) is 0 Å². The Hall–Kier alpha value is -1.61. The fourth-order valence-electron chi connectivity index (χ4n) is 2.95. The van der Waals surface area contributed by atoms with Gasteiger partial charge in [0.1, 0.15) is 4.88 Å². The first kappa shape index (κ1) is 22.7. The van der Waals surface area contributed by atoms with Crippen molar-refractivity contribution < 1.29 is 4.79 Å². The number of aromatic nitrogens is 3. The largest absolute Gasteiger partial charge is 0.302 e. The second kappa shape index (κ2) is 9.73. The highest BCUT2D eigenvalue weighted by molar-refractivity contribution is 7.22. The molecule has 9 heteroatoms. The molecule has 28 heavy (non-hydrogen) atoms. The second-order valence-electron chi connectivity index (χ2n) is 6.52. The number of anilines is 1. The predicted molar refractivity (Wildman–Crippen MR) is 120 cm³/mol. The average molecular weight is 440 g/mol. The van der Waals surface area contributed by atoms with Crippen molar-refractivity contribution in [2.24, 2.45) is 0 Å². The zero-order valence-corrected chi connectivity index (χ0v) is 19.3. The molecule has 2 heterocycles. The number of carbonyl (C=O) groups is 1. The lowest BCUT2D eigenvalue weighted by Gasteiger charge is -2.24. The van der Waals surface area contributed by atoms with Crippen LogP contribution in [-0.4, -0.2) is 51.6 Å². The number of hydrogen-bond donors (Lipinski definition) is 0. The van der Waals surface area contributed by atoms with Crippen LogP contribution in [-0.2, 0) is 0 Å². The van der Waals surface area contributed by atoms with E-state index in [1.807, 2.05) is 6.92 Å². The summed E-state index contributed by atoms with van der Waals surface area (Å²) in [6.07, 6.45) is 0. The number of carbonyl (C=O) groups excluding carboxylic acids is 1. The lowest BCUT2D eigenvalue weighted by molar-refractivity contribution is 0.0987. The smallest absolute Gasteiger partial charge is 0.273 e. The molecule has 0 saturated carbocycles. The van der Waals surface area contributed by atoms with E-state index in [1.54, 1.807) is 16.2 Å². The molecule has 0 atom stereocenters. The van der Waals surface area contributed by atoms with E-state index in [9.17, 15) is 4.79 Å². The van der Waals surface area contributed by atoms with Crippen LogP contribution < -0.4 is 4.90 Å². The first-order valence-electron chi connectivity index (χ1n) is 9.16. The van der Waals surface area contributed by atoms with Crippen molar-refractivity contribution >= 4 is 56.5 Å². The van der Waals surface area contributed by atoms with Gasteiger partial charge in [0.2, 0.25) is 0 Å². The number of thiazole rings is 1. The average Bonchev–Trinajstić information content (AvgIpc) is 3.28. The van der Waals surface area contributed by atoms with Crippen LogP contribution in [0.5, 0.6) is 0 Å². The Labute approximate surface area is 180 Å². The van der Waals surface area contributed by atoms with Crippen LogP contribution in [0.4, 0.5) is 5.13 Å². The SMILES string of the molecule is CCN(CC)CCN(C(=O)c1snnc1C)c1nc2c(C)c(C)ccc2s1.Cl. The van der Waals surface area contributed by atoms with Crippen LogP contribution in [0.15, 0.2) is 12.1 Å². The number of rotatable bonds is 7. The van der Waals surface area contributed by atoms with Gasteiger partial charge >= 0.3 is 0 Å². The summed E-state index contributed by atoms with van der Waals surface area (Å²) in [5.41, 5.74) is 4.03. The minimum absolute atomic E-state index is 0. The molecule has 0 aliphatic rings. The Morgan fingerprint density at radius 2 is 1.82 bits per heavy atom. The molecule has 0 aliphatic carbocycles. The van der Waals surface area contributed by atoms with Crippen LogP contribution >= 0.6 is 35.3 Å². The molecule has 0 radical (unpaired) electrons. The van der Waals surface area contributed by atoms with Crippen LogP contribution in [0.3, 0.4) is 0 Å². The van der Waals surface area contributed by atoms with Crippen molar-refractivity contribution in [1.82, 2.24) is 19.5 Å². The van der Waals surface area contributed by atoms with E-state index in [0.717, 1.165) is 46.5 Å². The highest BCUT2D eigenvalue weighted by Crippen LogP contribution is 2.33. The molecule has 0 unspecified atom stereocenters. The summed E-state index contributed by atoms with van der Waals surface area (Å²) in [5.74, 6) is -0.0666. The lowest BCUT2D eigenvalue weighted by Crippen LogP contribution is -2.38. The number of amides is 1. The van der Waals surface area contributed by atoms with Crippen molar-refractivity contribution in [2.75, 3.05) is 31.1 Å². The third-order valence-electron chi connectivity index (χ3n) is 4.93. The first-order chi connectivity index (χ1) is 13.0. The molecule has 0 spiro atoms. The summed E-state index contributed by atoms with van der Waals surface area (Å²) in [4.78, 5) is 22.8. The van der Waals surface area contributed by atoms with E-state index in [4.69, 9.17) is 4.98 Å². The van der Waals surface area contributed by atoms with Crippen LogP contribution in [0.1, 0.15) is 40.3 Å². The third-order valence-corrected chi connectivity index (χ3v) is 6.79. The van der Waals surface area contributed by atoms with Gasteiger partial charge in [0.15, 0.2) is 5.13 Å². The van der Waals surface area contributed by atoms with Crippen LogP contribution in [0, 0.1) is 20.8 Å². The van der Waals surface area contributed by atoms with Gasteiger partial charge in [-0.2, -0.15) is 0 Å². The molecule has 3 aromatic rings. The van der Waals surface area contributed by atoms with Gasteiger partial charge in [0, 0.05) is 13.1 Å². The van der Waals surface area contributed by atoms with Gasteiger partial charge in [-0.3, -0.25) is 9.69 Å². The maximum Gasteiger partial charge on any atom is 0.273 e. The molecule has 0 aliphatic heterocycles. The van der Waals surface area contributed by atoms with Crippen molar-refractivity contribution in [1.29, 1.82) is 0 Å². The Kier molecular flexibility index (Phi) is 7.88. The van der Waals surface area contributed by atoms with Gasteiger partial charge in [-0.25, -0.2) is 4.98 Å². The number of likely N-dealkylation sites (N-methyl/N-ethyl adjacent to an activating group) is 1. The quantitative estimate of drug-likeness (QED) is 0.543. The predicted octanol–water partition coefficient (Wildman–Crippen LogP) is 4.48. The Bertz CT molecular complexity index is 951. The zero-order chi connectivity index (χ0) is 19.6. The molecule has 0 bridgehead atoms. The topological polar surface area (TPSA) is 62.2 Å². The summed E-state index contributed by atoms with van der Waals surface area (Å²) < 4.78 is 5.04. The van der Waals surface area contributed by atoms with E-state index in [1.165, 1.54) is 11.1 Å². The third kappa shape index (κ3) is 4.51. The van der Waals surface area contributed by atoms with Gasteiger partial charge in [0.25, 0.3) is 5.91 Å². The molecule has 6 nitrogen and oxygen atoms in total. The molecule has 3 rings (SSSR count). The maximum absolute atomic E-state index is 13.2. The van der Waals surface area contributed by atoms with E-state index in [2.05, 4.69) is 54.3 Å². The maximum atomic E-state index is 13.2. The minimum atomic E-state index is -0.0666. The Morgan fingerprint density at radius 1 is 1.11 bits per heavy atom. The summed E-state index contributed by atoms with van der Waals surface area (Å²) in [6, 6.07) is 4.20. The summed E-state index contributed by atoms with van der Waals surface area (Å²) >= 11 is 2.72. The van der Waals surface area contributed by atoms with Gasteiger partial charge in [-0.05, 0) is 62.6 Å². The van der Waals surface area contributed by atoms with Crippen molar-refractivity contribution in [3.8, 4) is 0 Å². The first-order valence-corrected chi connectivity index (χ1v) is 10.7. The molecule has 2 aromatic heterocycles. The fraction of sp³-hybridized carbons (Fsp3) is 0.474. The number of nitrogens with zero attached hydrogens (tertiary/aromatic N) is 5. The molecule has 0 fully saturated rings. The molecule has 152 valence electrons. The number of aryl methyl sites for hydroxylation is 3. The monoisotopic (exact) mass is 439 g/mol. The second-order valence-corrected chi connectivity index (χ2v) is 8.29. The summed E-state index contributed by atoms with van der Waals surface area (Å²) in [5, 5.41) is 4.74. The normalized spacial score (nSPS) is 11.1. The number of benzene rings is 1. The fourth-order valence-corrected chi connectivity index (χ4v) is 4.60. The zero-order valence-electron chi connectivity index (χ0n) is 16.9. The van der Waals surface area contributed by atoms with E-state index in [-0.39, 0.29) is 18.3 Å². The standard InChI is InChI=1S/C19H25N5OS2.ClH/c1-6-23(7-2)10-11-24(18(25)17-14(5)21-22-27-17)19-20-16-13(4)12(3)8-9-15(16)26-19;/h8-9H,6-7,10-11H2,1-5H3;1H. The lowest BCUT2D eigenvalue weighted by atomic mass is 10.1. The molecular formula is C19H26ClN5OS2. The van der Waals surface area contributed by atoms with E-state index in [0.29, 0.717) is 17.1 Å². The molecular weight excluding hydrogens is 414 g/mol. The number of hydrogen-bond acceptors (Lipinski definition) is 7.